The van der Waals surface area contributed by atoms with Gasteiger partial charge in [-0.25, -0.2) is 4.57 Å². The summed E-state index contributed by atoms with van der Waals surface area (Å²) in [7, 11) is -3.91. The Balaban J connectivity index is 1.65. The third kappa shape index (κ3) is 6.93. The Labute approximate surface area is 175 Å². The Kier molecular flexibility index (Phi) is 8.24. The van der Waals surface area contributed by atoms with E-state index in [9.17, 15) is 9.36 Å². The molecule has 0 N–H and O–H groups in total. The number of carbonyl (C=O) groups is 1. The molecule has 1 heterocycles. The lowest BCUT2D eigenvalue weighted by Crippen LogP contribution is -2.48. The fourth-order valence-corrected chi connectivity index (χ4v) is 4.18. The third-order valence-electron chi connectivity index (χ3n) is 4.34. The van der Waals surface area contributed by atoms with Crippen LogP contribution in [0.3, 0.4) is 0 Å². The molecule has 1 aliphatic rings. The number of halogens is 1. The second-order valence-corrected chi connectivity index (χ2v) is 8.43. The van der Waals surface area contributed by atoms with Crippen molar-refractivity contribution < 1.29 is 27.7 Å². The SMILES string of the molecule is O=C(Cl)N1CCOC[C@H]1COP(=O)(OCc1ccccc1)OCc1ccccc1. The van der Waals surface area contributed by atoms with Gasteiger partial charge in [-0.2, -0.15) is 0 Å². The second kappa shape index (κ2) is 10.9. The number of ether oxygens (including phenoxy) is 1. The van der Waals surface area contributed by atoms with Gasteiger partial charge in [-0.1, -0.05) is 60.7 Å². The number of rotatable bonds is 9. The van der Waals surface area contributed by atoms with Crippen LogP contribution in [0, 0.1) is 0 Å². The average molecular weight is 440 g/mol. The molecule has 1 saturated heterocycles. The van der Waals surface area contributed by atoms with Gasteiger partial charge in [0.2, 0.25) is 0 Å². The molecule has 0 aromatic heterocycles. The molecule has 0 bridgehead atoms. The first-order chi connectivity index (χ1) is 14.1. The van der Waals surface area contributed by atoms with Crippen LogP contribution < -0.4 is 0 Å². The molecule has 1 amide bonds. The summed E-state index contributed by atoms with van der Waals surface area (Å²) in [5.41, 5.74) is 1.66. The minimum Gasteiger partial charge on any atom is -0.377 e. The summed E-state index contributed by atoms with van der Waals surface area (Å²) in [6.45, 7) is 1.01. The molecule has 1 fully saturated rings. The van der Waals surface area contributed by atoms with Crippen molar-refractivity contribution in [1.29, 1.82) is 0 Å². The Morgan fingerprint density at radius 2 is 1.55 bits per heavy atom. The molecule has 0 saturated carbocycles. The summed E-state index contributed by atoms with van der Waals surface area (Å²) < 4.78 is 35.3. The number of nitrogens with zero attached hydrogens (tertiary/aromatic N) is 1. The van der Waals surface area contributed by atoms with Crippen LogP contribution in [-0.2, 0) is 36.1 Å². The first-order valence-corrected chi connectivity index (χ1v) is 11.0. The van der Waals surface area contributed by atoms with E-state index in [1.807, 2.05) is 60.7 Å². The molecule has 0 spiro atoms. The minimum absolute atomic E-state index is 0.0617. The first kappa shape index (κ1) is 22.0. The molecule has 2 aromatic carbocycles. The van der Waals surface area contributed by atoms with E-state index in [1.54, 1.807) is 0 Å². The molecule has 9 heteroatoms. The van der Waals surface area contributed by atoms with Gasteiger partial charge in [0.25, 0.3) is 0 Å². The minimum atomic E-state index is -3.91. The Morgan fingerprint density at radius 3 is 2.07 bits per heavy atom. The van der Waals surface area contributed by atoms with Gasteiger partial charge < -0.3 is 9.64 Å². The van der Waals surface area contributed by atoms with E-state index in [2.05, 4.69) is 0 Å². The quantitative estimate of drug-likeness (QED) is 0.323. The molecule has 7 nitrogen and oxygen atoms in total. The normalized spacial score (nSPS) is 17.3. The van der Waals surface area contributed by atoms with Crippen molar-refractivity contribution in [2.24, 2.45) is 0 Å². The highest BCUT2D eigenvalue weighted by atomic mass is 35.5. The van der Waals surface area contributed by atoms with Crippen LogP contribution in [0.4, 0.5) is 4.79 Å². The van der Waals surface area contributed by atoms with Crippen LogP contribution in [0.2, 0.25) is 0 Å². The highest BCUT2D eigenvalue weighted by Crippen LogP contribution is 2.51. The largest absolute Gasteiger partial charge is 0.475 e. The van der Waals surface area contributed by atoms with Gasteiger partial charge in [0, 0.05) is 6.54 Å². The lowest BCUT2D eigenvalue weighted by molar-refractivity contribution is -0.00775. The van der Waals surface area contributed by atoms with E-state index < -0.39 is 19.2 Å². The lowest BCUT2D eigenvalue weighted by atomic mass is 10.2. The zero-order valence-corrected chi connectivity index (χ0v) is 17.5. The van der Waals surface area contributed by atoms with Gasteiger partial charge in [0.15, 0.2) is 0 Å². The van der Waals surface area contributed by atoms with Gasteiger partial charge in [0.1, 0.15) is 0 Å². The van der Waals surface area contributed by atoms with Crippen molar-refractivity contribution in [3.8, 4) is 0 Å². The summed E-state index contributed by atoms with van der Waals surface area (Å²) in [5.74, 6) is 0. The van der Waals surface area contributed by atoms with Gasteiger partial charge in [-0.3, -0.25) is 18.4 Å². The van der Waals surface area contributed by atoms with E-state index in [1.165, 1.54) is 4.90 Å². The highest BCUT2D eigenvalue weighted by Gasteiger charge is 2.33. The van der Waals surface area contributed by atoms with Crippen molar-refractivity contribution in [2.45, 2.75) is 19.3 Å². The predicted molar refractivity (Wildman–Crippen MR) is 109 cm³/mol. The molecule has 2 aromatic rings. The Hall–Kier alpha value is -1.73. The molecule has 3 rings (SSSR count). The van der Waals surface area contributed by atoms with Gasteiger partial charge in [0.05, 0.1) is 39.1 Å². The maximum atomic E-state index is 13.2. The fourth-order valence-electron chi connectivity index (χ4n) is 2.77. The van der Waals surface area contributed by atoms with E-state index in [-0.39, 0.29) is 26.4 Å². The summed E-state index contributed by atoms with van der Waals surface area (Å²) in [5, 5.41) is -0.604. The number of amides is 1. The number of phosphoric ester groups is 1. The number of hydrogen-bond donors (Lipinski definition) is 0. The number of hydrogen-bond acceptors (Lipinski definition) is 6. The summed E-state index contributed by atoms with van der Waals surface area (Å²) in [4.78, 5) is 13.0. The number of benzene rings is 2. The van der Waals surface area contributed by atoms with Crippen molar-refractivity contribution >= 4 is 24.8 Å². The van der Waals surface area contributed by atoms with E-state index in [0.717, 1.165) is 11.1 Å². The zero-order valence-electron chi connectivity index (χ0n) is 15.8. The monoisotopic (exact) mass is 439 g/mol. The summed E-state index contributed by atoms with van der Waals surface area (Å²) in [6, 6.07) is 18.1. The molecule has 0 radical (unpaired) electrons. The highest BCUT2D eigenvalue weighted by molar-refractivity contribution is 7.48. The molecular weight excluding hydrogens is 417 g/mol. The maximum absolute atomic E-state index is 13.2. The van der Waals surface area contributed by atoms with E-state index in [0.29, 0.717) is 13.2 Å². The zero-order chi connectivity index (χ0) is 20.5. The molecule has 0 aliphatic carbocycles. The van der Waals surface area contributed by atoms with Crippen LogP contribution in [0.15, 0.2) is 60.7 Å². The summed E-state index contributed by atoms with van der Waals surface area (Å²) >= 11 is 5.63. The molecule has 1 aliphatic heterocycles. The molecule has 0 unspecified atom stereocenters. The number of morpholine rings is 1. The summed E-state index contributed by atoms with van der Waals surface area (Å²) in [6.07, 6.45) is 0. The molecule has 156 valence electrons. The van der Waals surface area contributed by atoms with Crippen LogP contribution in [0.5, 0.6) is 0 Å². The number of phosphoric acid groups is 1. The first-order valence-electron chi connectivity index (χ1n) is 9.21. The lowest BCUT2D eigenvalue weighted by Gasteiger charge is -2.34. The Morgan fingerprint density at radius 1 is 1.00 bits per heavy atom. The Bertz CT molecular complexity index is 775. The molecule has 29 heavy (non-hydrogen) atoms. The van der Waals surface area contributed by atoms with Crippen molar-refractivity contribution in [3.05, 3.63) is 71.8 Å². The van der Waals surface area contributed by atoms with Crippen molar-refractivity contribution in [3.63, 3.8) is 0 Å². The predicted octanol–water partition coefficient (Wildman–Crippen LogP) is 4.60. The van der Waals surface area contributed by atoms with Gasteiger partial charge in [-0.05, 0) is 22.7 Å². The van der Waals surface area contributed by atoms with Crippen LogP contribution in [0.25, 0.3) is 0 Å². The average Bonchev–Trinajstić information content (AvgIpc) is 2.77. The van der Waals surface area contributed by atoms with Crippen LogP contribution >= 0.6 is 19.4 Å². The standard InChI is InChI=1S/C20H23ClNO6P/c21-20(23)22-11-12-25-15-19(22)16-28-29(24,26-13-17-7-3-1-4-8-17)27-14-18-9-5-2-6-10-18/h1-10,19H,11-16H2/t19-/m0/s1. The third-order valence-corrected chi connectivity index (χ3v) is 5.92. The van der Waals surface area contributed by atoms with Crippen molar-refractivity contribution in [1.82, 2.24) is 4.90 Å². The second-order valence-electron chi connectivity index (χ2n) is 6.44. The van der Waals surface area contributed by atoms with E-state index >= 15 is 0 Å². The van der Waals surface area contributed by atoms with Gasteiger partial charge >= 0.3 is 13.2 Å². The molecule has 1 atom stereocenters. The van der Waals surface area contributed by atoms with Crippen LogP contribution in [0.1, 0.15) is 11.1 Å². The molecular formula is C20H23ClNO6P. The van der Waals surface area contributed by atoms with E-state index in [4.69, 9.17) is 29.9 Å². The van der Waals surface area contributed by atoms with Crippen molar-refractivity contribution in [2.75, 3.05) is 26.4 Å². The number of carbonyl (C=O) groups excluding carboxylic acids is 1. The topological polar surface area (TPSA) is 74.3 Å². The van der Waals surface area contributed by atoms with Gasteiger partial charge in [-0.15, -0.1) is 0 Å². The fraction of sp³-hybridized carbons (Fsp3) is 0.350. The maximum Gasteiger partial charge on any atom is 0.475 e. The van der Waals surface area contributed by atoms with Crippen LogP contribution in [-0.4, -0.2) is 42.7 Å². The smallest absolute Gasteiger partial charge is 0.377 e.